The maximum absolute atomic E-state index is 13.1. The highest BCUT2D eigenvalue weighted by molar-refractivity contribution is 6.31. The summed E-state index contributed by atoms with van der Waals surface area (Å²) in [6, 6.07) is 4.57. The van der Waals surface area contributed by atoms with Gasteiger partial charge < -0.3 is 9.64 Å². The molecular weight excluding hydrogens is 323 g/mol. The second-order valence-corrected chi connectivity index (χ2v) is 5.67. The van der Waals surface area contributed by atoms with Gasteiger partial charge in [0.2, 0.25) is 5.91 Å². The molecule has 0 bridgehead atoms. The number of alkyl halides is 3. The summed E-state index contributed by atoms with van der Waals surface area (Å²) < 4.78 is 31.3. The lowest BCUT2D eigenvalue weighted by Gasteiger charge is -2.42. The number of hydrogen-bond donors (Lipinski definition) is 0. The molecule has 1 aromatic rings. The second kappa shape index (κ2) is 6.36. The smallest absolute Gasteiger partial charge is 0.252 e. The first kappa shape index (κ1) is 16.3. The largest absolute Gasteiger partial charge is 0.496 e. The van der Waals surface area contributed by atoms with E-state index in [-0.39, 0.29) is 31.2 Å². The number of hydrogen-bond acceptors (Lipinski definition) is 2. The Kier molecular flexibility index (Phi) is 4.94. The number of carbonyl (C=O) groups excluding carboxylic acids is 1. The van der Waals surface area contributed by atoms with Gasteiger partial charge in [0.25, 0.3) is 5.92 Å². The van der Waals surface area contributed by atoms with Crippen LogP contribution >= 0.6 is 23.2 Å². The van der Waals surface area contributed by atoms with Gasteiger partial charge in [-0.15, -0.1) is 11.6 Å². The normalized spacial score (nSPS) is 17.2. The van der Waals surface area contributed by atoms with Gasteiger partial charge in [0.1, 0.15) is 11.6 Å². The molecular formula is C14H15Cl2F2NO2. The lowest BCUT2D eigenvalue weighted by atomic mass is 9.86. The molecule has 1 fully saturated rings. The van der Waals surface area contributed by atoms with E-state index < -0.39 is 12.0 Å². The van der Waals surface area contributed by atoms with E-state index in [1.807, 2.05) is 0 Å². The number of ether oxygens (including phenoxy) is 1. The molecule has 0 aromatic heterocycles. The average molecular weight is 338 g/mol. The first-order chi connectivity index (χ1) is 9.88. The van der Waals surface area contributed by atoms with Crippen LogP contribution < -0.4 is 4.74 Å². The molecule has 0 aliphatic heterocycles. The highest BCUT2D eigenvalue weighted by atomic mass is 35.5. The first-order valence-electron chi connectivity index (χ1n) is 6.42. The summed E-state index contributed by atoms with van der Waals surface area (Å²) >= 11 is 11.7. The van der Waals surface area contributed by atoms with E-state index in [0.717, 1.165) is 0 Å². The van der Waals surface area contributed by atoms with Crippen LogP contribution in [0.2, 0.25) is 5.02 Å². The van der Waals surface area contributed by atoms with Gasteiger partial charge in [-0.25, -0.2) is 8.78 Å². The maximum atomic E-state index is 13.1. The van der Waals surface area contributed by atoms with Gasteiger partial charge in [0, 0.05) is 29.5 Å². The zero-order chi connectivity index (χ0) is 15.6. The van der Waals surface area contributed by atoms with Crippen molar-refractivity contribution in [2.45, 2.75) is 31.4 Å². The summed E-state index contributed by atoms with van der Waals surface area (Å²) in [7, 11) is 1.49. The summed E-state index contributed by atoms with van der Waals surface area (Å²) in [5.41, 5.74) is 0.593. The molecule has 1 aromatic carbocycles. The number of nitrogens with zero attached hydrogens (tertiary/aromatic N) is 1. The number of benzene rings is 1. The van der Waals surface area contributed by atoms with Gasteiger partial charge in [-0.1, -0.05) is 17.7 Å². The quantitative estimate of drug-likeness (QED) is 0.766. The standard InChI is InChI=1S/C14H15Cl2F2NO2/c1-21-12-4-2-3-11(16)10(12)8-19(13(20)7-15)9-5-14(17,18)6-9/h2-4,9H,5-8H2,1H3. The van der Waals surface area contributed by atoms with E-state index in [1.165, 1.54) is 12.0 Å². The van der Waals surface area contributed by atoms with Crippen molar-refractivity contribution in [2.24, 2.45) is 0 Å². The SMILES string of the molecule is COc1cccc(Cl)c1CN(C(=O)CCl)C1CC(F)(F)C1. The molecule has 0 unspecified atom stereocenters. The van der Waals surface area contributed by atoms with E-state index in [1.54, 1.807) is 18.2 Å². The van der Waals surface area contributed by atoms with Crippen molar-refractivity contribution < 1.29 is 18.3 Å². The van der Waals surface area contributed by atoms with Crippen LogP contribution in [-0.4, -0.2) is 35.8 Å². The van der Waals surface area contributed by atoms with E-state index in [0.29, 0.717) is 16.3 Å². The maximum Gasteiger partial charge on any atom is 0.252 e. The molecule has 0 N–H and O–H groups in total. The van der Waals surface area contributed by atoms with Crippen molar-refractivity contribution in [1.82, 2.24) is 4.90 Å². The van der Waals surface area contributed by atoms with Crippen LogP contribution in [0.3, 0.4) is 0 Å². The minimum atomic E-state index is -2.71. The average Bonchev–Trinajstić information content (AvgIpc) is 2.42. The second-order valence-electron chi connectivity index (χ2n) is 4.99. The molecule has 116 valence electrons. The van der Waals surface area contributed by atoms with Crippen LogP contribution in [0.1, 0.15) is 18.4 Å². The predicted octanol–water partition coefficient (Wildman–Crippen LogP) is 3.71. The number of methoxy groups -OCH3 is 1. The molecule has 0 saturated heterocycles. The topological polar surface area (TPSA) is 29.5 Å². The number of amides is 1. The molecule has 0 spiro atoms. The molecule has 0 radical (unpaired) electrons. The van der Waals surface area contributed by atoms with E-state index >= 15 is 0 Å². The Morgan fingerprint density at radius 3 is 2.67 bits per heavy atom. The van der Waals surface area contributed by atoms with Crippen molar-refractivity contribution in [3.8, 4) is 5.75 Å². The molecule has 2 rings (SSSR count). The highest BCUT2D eigenvalue weighted by Gasteiger charge is 2.49. The summed E-state index contributed by atoms with van der Waals surface area (Å²) in [4.78, 5) is 13.3. The minimum Gasteiger partial charge on any atom is -0.496 e. The molecule has 0 heterocycles. The van der Waals surface area contributed by atoms with Crippen molar-refractivity contribution in [3.05, 3.63) is 28.8 Å². The van der Waals surface area contributed by atoms with Crippen LogP contribution in [0.25, 0.3) is 0 Å². The Morgan fingerprint density at radius 2 is 2.14 bits per heavy atom. The monoisotopic (exact) mass is 337 g/mol. The Morgan fingerprint density at radius 1 is 1.48 bits per heavy atom. The third-order valence-corrected chi connectivity index (χ3v) is 4.15. The van der Waals surface area contributed by atoms with Gasteiger partial charge in [-0.3, -0.25) is 4.79 Å². The van der Waals surface area contributed by atoms with Crippen molar-refractivity contribution in [2.75, 3.05) is 13.0 Å². The van der Waals surface area contributed by atoms with Crippen LogP contribution in [0, 0.1) is 0 Å². The van der Waals surface area contributed by atoms with Gasteiger partial charge in [-0.05, 0) is 12.1 Å². The molecule has 0 atom stereocenters. The van der Waals surface area contributed by atoms with Gasteiger partial charge in [0.05, 0.1) is 13.7 Å². The van der Waals surface area contributed by atoms with Crippen LogP contribution in [0.5, 0.6) is 5.75 Å². The van der Waals surface area contributed by atoms with Crippen LogP contribution in [-0.2, 0) is 11.3 Å². The van der Waals surface area contributed by atoms with Crippen molar-refractivity contribution in [3.63, 3.8) is 0 Å². The molecule has 3 nitrogen and oxygen atoms in total. The molecule has 7 heteroatoms. The number of halogens is 4. The van der Waals surface area contributed by atoms with Crippen molar-refractivity contribution in [1.29, 1.82) is 0 Å². The Hall–Kier alpha value is -1.07. The predicted molar refractivity (Wildman–Crippen MR) is 77.2 cm³/mol. The van der Waals surface area contributed by atoms with Crippen LogP contribution in [0.15, 0.2) is 18.2 Å². The Labute approximate surface area is 131 Å². The molecule has 21 heavy (non-hydrogen) atoms. The Balaban J connectivity index is 2.22. The fraction of sp³-hybridized carbons (Fsp3) is 0.500. The summed E-state index contributed by atoms with van der Waals surface area (Å²) in [5, 5.41) is 0.424. The van der Waals surface area contributed by atoms with Crippen LogP contribution in [0.4, 0.5) is 8.78 Å². The number of rotatable bonds is 5. The van der Waals surface area contributed by atoms with Gasteiger partial charge >= 0.3 is 0 Å². The third kappa shape index (κ3) is 3.58. The van der Waals surface area contributed by atoms with Gasteiger partial charge in [-0.2, -0.15) is 0 Å². The summed E-state index contributed by atoms with van der Waals surface area (Å²) in [5.74, 6) is -2.84. The molecule has 1 amide bonds. The zero-order valence-corrected chi connectivity index (χ0v) is 12.9. The highest BCUT2D eigenvalue weighted by Crippen LogP contribution is 2.41. The summed E-state index contributed by atoms with van der Waals surface area (Å²) in [6.07, 6.45) is -0.690. The summed E-state index contributed by atoms with van der Waals surface area (Å²) in [6.45, 7) is 0.106. The lowest BCUT2D eigenvalue weighted by Crippen LogP contribution is -2.53. The molecule has 1 saturated carbocycles. The first-order valence-corrected chi connectivity index (χ1v) is 7.34. The fourth-order valence-electron chi connectivity index (χ4n) is 2.40. The van der Waals surface area contributed by atoms with E-state index in [2.05, 4.69) is 0 Å². The fourth-order valence-corrected chi connectivity index (χ4v) is 2.78. The number of carbonyl (C=O) groups is 1. The van der Waals surface area contributed by atoms with E-state index in [4.69, 9.17) is 27.9 Å². The Bertz CT molecular complexity index is 532. The molecule has 1 aliphatic carbocycles. The molecule has 1 aliphatic rings. The van der Waals surface area contributed by atoms with Crippen molar-refractivity contribution >= 4 is 29.1 Å². The lowest BCUT2D eigenvalue weighted by molar-refractivity contribution is -0.152. The van der Waals surface area contributed by atoms with Gasteiger partial charge in [0.15, 0.2) is 0 Å². The minimum absolute atomic E-state index is 0.106. The zero-order valence-electron chi connectivity index (χ0n) is 11.4. The third-order valence-electron chi connectivity index (χ3n) is 3.57. The van der Waals surface area contributed by atoms with E-state index in [9.17, 15) is 13.6 Å².